The molecule has 2 rings (SSSR count). The Hall–Kier alpha value is -1.40. The van der Waals surface area contributed by atoms with Crippen LogP contribution in [0, 0.1) is 6.92 Å². The molecule has 0 aromatic carbocycles. The summed E-state index contributed by atoms with van der Waals surface area (Å²) in [5.41, 5.74) is 6.94. The second-order valence-electron chi connectivity index (χ2n) is 3.01. The largest absolute Gasteiger partial charge is 0.480 e. The van der Waals surface area contributed by atoms with Crippen molar-refractivity contribution in [1.82, 2.24) is 9.38 Å². The van der Waals surface area contributed by atoms with Crippen molar-refractivity contribution in [2.24, 2.45) is 5.73 Å². The van der Waals surface area contributed by atoms with Crippen molar-refractivity contribution >= 4 is 22.3 Å². The Morgan fingerprint density at radius 3 is 3.14 bits per heavy atom. The number of nitrogens with zero attached hydrogens (tertiary/aromatic N) is 2. The van der Waals surface area contributed by atoms with E-state index in [-0.39, 0.29) is 0 Å². The van der Waals surface area contributed by atoms with Crippen molar-refractivity contribution in [2.75, 3.05) is 0 Å². The SMILES string of the molecule is Cc1cn2c(C(N)C(=O)O)csc2n1. The van der Waals surface area contributed by atoms with Gasteiger partial charge >= 0.3 is 5.97 Å². The second kappa shape index (κ2) is 3.07. The van der Waals surface area contributed by atoms with E-state index in [1.165, 1.54) is 11.3 Å². The molecule has 1 atom stereocenters. The molecule has 0 aliphatic carbocycles. The quantitative estimate of drug-likeness (QED) is 0.769. The summed E-state index contributed by atoms with van der Waals surface area (Å²) in [5, 5.41) is 10.5. The molecule has 2 heterocycles. The van der Waals surface area contributed by atoms with Crippen LogP contribution in [0.25, 0.3) is 4.96 Å². The lowest BCUT2D eigenvalue weighted by Crippen LogP contribution is -2.21. The van der Waals surface area contributed by atoms with E-state index in [0.717, 1.165) is 10.7 Å². The minimum absolute atomic E-state index is 0.568. The van der Waals surface area contributed by atoms with Crippen molar-refractivity contribution in [1.29, 1.82) is 0 Å². The van der Waals surface area contributed by atoms with Crippen LogP contribution in [0.4, 0.5) is 0 Å². The summed E-state index contributed by atoms with van der Waals surface area (Å²) in [7, 11) is 0. The Labute approximate surface area is 83.8 Å². The van der Waals surface area contributed by atoms with Crippen LogP contribution in [0.5, 0.6) is 0 Å². The third-order valence-electron chi connectivity index (χ3n) is 1.94. The molecule has 74 valence electrons. The molecule has 0 radical (unpaired) electrons. The molecule has 0 fully saturated rings. The maximum Gasteiger partial charge on any atom is 0.326 e. The Kier molecular flexibility index (Phi) is 2.01. The van der Waals surface area contributed by atoms with Gasteiger partial charge in [-0.05, 0) is 6.92 Å². The summed E-state index contributed by atoms with van der Waals surface area (Å²) in [6, 6.07) is -0.989. The van der Waals surface area contributed by atoms with Crippen LogP contribution in [0.3, 0.4) is 0 Å². The molecular weight excluding hydrogens is 202 g/mol. The van der Waals surface area contributed by atoms with Gasteiger partial charge in [-0.2, -0.15) is 0 Å². The van der Waals surface area contributed by atoms with Crippen LogP contribution in [0.15, 0.2) is 11.6 Å². The van der Waals surface area contributed by atoms with E-state index in [1.54, 1.807) is 16.0 Å². The van der Waals surface area contributed by atoms with E-state index in [2.05, 4.69) is 4.98 Å². The number of thiazole rings is 1. The molecule has 2 aromatic rings. The van der Waals surface area contributed by atoms with Gasteiger partial charge in [0, 0.05) is 11.6 Å². The zero-order valence-electron chi connectivity index (χ0n) is 7.47. The highest BCUT2D eigenvalue weighted by Crippen LogP contribution is 2.20. The molecular formula is C8H9N3O2S. The zero-order valence-corrected chi connectivity index (χ0v) is 8.28. The fourth-order valence-corrected chi connectivity index (χ4v) is 2.22. The normalized spacial score (nSPS) is 13.3. The monoisotopic (exact) mass is 211 g/mol. The van der Waals surface area contributed by atoms with Crippen LogP contribution in [-0.2, 0) is 4.79 Å². The number of aryl methyl sites for hydroxylation is 1. The Bertz CT molecular complexity index is 488. The molecule has 6 heteroatoms. The molecule has 3 N–H and O–H groups in total. The van der Waals surface area contributed by atoms with Crippen molar-refractivity contribution in [3.8, 4) is 0 Å². The van der Waals surface area contributed by atoms with Gasteiger partial charge in [0.2, 0.25) is 0 Å². The van der Waals surface area contributed by atoms with Gasteiger partial charge in [0.1, 0.15) is 6.04 Å². The van der Waals surface area contributed by atoms with Gasteiger partial charge in [0.15, 0.2) is 4.96 Å². The fraction of sp³-hybridized carbons (Fsp3) is 0.250. The van der Waals surface area contributed by atoms with Gasteiger partial charge in [0.25, 0.3) is 0 Å². The van der Waals surface area contributed by atoms with Crippen LogP contribution >= 0.6 is 11.3 Å². The predicted octanol–water partition coefficient (Wildman–Crippen LogP) is 0.789. The highest BCUT2D eigenvalue weighted by molar-refractivity contribution is 7.15. The molecule has 0 saturated carbocycles. The van der Waals surface area contributed by atoms with Crippen molar-refractivity contribution in [3.63, 3.8) is 0 Å². The van der Waals surface area contributed by atoms with Crippen LogP contribution in [-0.4, -0.2) is 20.5 Å². The van der Waals surface area contributed by atoms with Gasteiger partial charge in [-0.25, -0.2) is 4.98 Å². The average molecular weight is 211 g/mol. The molecule has 0 aliphatic rings. The van der Waals surface area contributed by atoms with Gasteiger partial charge in [-0.3, -0.25) is 9.20 Å². The van der Waals surface area contributed by atoms with Crippen molar-refractivity contribution in [3.05, 3.63) is 23.0 Å². The Morgan fingerprint density at radius 2 is 2.50 bits per heavy atom. The molecule has 2 aromatic heterocycles. The minimum atomic E-state index is -1.03. The highest BCUT2D eigenvalue weighted by atomic mass is 32.1. The maximum atomic E-state index is 10.7. The second-order valence-corrected chi connectivity index (χ2v) is 3.85. The van der Waals surface area contributed by atoms with Gasteiger partial charge < -0.3 is 10.8 Å². The number of imidazole rings is 1. The topological polar surface area (TPSA) is 80.6 Å². The van der Waals surface area contributed by atoms with E-state index in [1.807, 2.05) is 6.92 Å². The number of aromatic nitrogens is 2. The number of carboxylic acids is 1. The molecule has 14 heavy (non-hydrogen) atoms. The lowest BCUT2D eigenvalue weighted by atomic mass is 10.2. The van der Waals surface area contributed by atoms with E-state index in [0.29, 0.717) is 5.69 Å². The molecule has 0 saturated heterocycles. The number of carboxylic acid groups (broad SMARTS) is 1. The lowest BCUT2D eigenvalue weighted by Gasteiger charge is -2.03. The summed E-state index contributed by atoms with van der Waals surface area (Å²) >= 11 is 1.39. The first-order valence-electron chi connectivity index (χ1n) is 4.01. The van der Waals surface area contributed by atoms with Gasteiger partial charge in [0.05, 0.1) is 11.4 Å². The van der Waals surface area contributed by atoms with Gasteiger partial charge in [-0.15, -0.1) is 11.3 Å². The third kappa shape index (κ3) is 1.28. The maximum absolute atomic E-state index is 10.7. The number of nitrogens with two attached hydrogens (primary N) is 1. The van der Waals surface area contributed by atoms with Crippen LogP contribution < -0.4 is 5.73 Å². The van der Waals surface area contributed by atoms with E-state index < -0.39 is 12.0 Å². The highest BCUT2D eigenvalue weighted by Gasteiger charge is 2.19. The summed E-state index contributed by atoms with van der Waals surface area (Å²) < 4.78 is 1.72. The molecule has 5 nitrogen and oxygen atoms in total. The Morgan fingerprint density at radius 1 is 1.79 bits per heavy atom. The standard InChI is InChI=1S/C8H9N3O2S/c1-4-2-11-5(6(9)7(12)13)3-14-8(11)10-4/h2-3,6H,9H2,1H3,(H,12,13). The zero-order chi connectivity index (χ0) is 10.3. The Balaban J connectivity index is 2.56. The van der Waals surface area contributed by atoms with Crippen LogP contribution in [0.2, 0.25) is 0 Å². The number of fused-ring (bicyclic) bond motifs is 1. The van der Waals surface area contributed by atoms with Crippen molar-refractivity contribution in [2.45, 2.75) is 13.0 Å². The average Bonchev–Trinajstić information content (AvgIpc) is 2.61. The van der Waals surface area contributed by atoms with Crippen LogP contribution in [0.1, 0.15) is 17.4 Å². The van der Waals surface area contributed by atoms with E-state index in [4.69, 9.17) is 10.8 Å². The number of hydrogen-bond acceptors (Lipinski definition) is 4. The summed E-state index contributed by atoms with van der Waals surface area (Å²) in [4.78, 5) is 15.7. The molecule has 0 spiro atoms. The van der Waals surface area contributed by atoms with E-state index >= 15 is 0 Å². The molecule has 0 amide bonds. The first kappa shape index (κ1) is 9.17. The number of carbonyl (C=O) groups is 1. The predicted molar refractivity (Wildman–Crippen MR) is 52.4 cm³/mol. The van der Waals surface area contributed by atoms with Crippen molar-refractivity contribution < 1.29 is 9.90 Å². The van der Waals surface area contributed by atoms with Gasteiger partial charge in [-0.1, -0.05) is 0 Å². The molecule has 1 unspecified atom stereocenters. The summed E-state index contributed by atoms with van der Waals surface area (Å²) in [5.74, 6) is -1.03. The summed E-state index contributed by atoms with van der Waals surface area (Å²) in [6.07, 6.45) is 1.78. The first-order valence-corrected chi connectivity index (χ1v) is 4.89. The number of rotatable bonds is 2. The minimum Gasteiger partial charge on any atom is -0.480 e. The van der Waals surface area contributed by atoms with E-state index in [9.17, 15) is 4.79 Å². The smallest absolute Gasteiger partial charge is 0.326 e. The summed E-state index contributed by atoms with van der Waals surface area (Å²) in [6.45, 7) is 1.86. The first-order chi connectivity index (χ1) is 6.59. The number of aliphatic carboxylic acids is 1. The molecule has 0 bridgehead atoms. The number of hydrogen-bond donors (Lipinski definition) is 2. The lowest BCUT2D eigenvalue weighted by molar-refractivity contribution is -0.138. The third-order valence-corrected chi connectivity index (χ3v) is 2.80. The molecule has 0 aliphatic heterocycles. The fourth-order valence-electron chi connectivity index (χ4n) is 1.26.